The molecule has 1 unspecified atom stereocenters. The lowest BCUT2D eigenvalue weighted by Crippen LogP contribution is -2.40. The molecule has 1 aliphatic heterocycles. The van der Waals surface area contributed by atoms with Crippen LogP contribution in [-0.4, -0.2) is 72.2 Å². The van der Waals surface area contributed by atoms with Crippen molar-refractivity contribution in [3.63, 3.8) is 0 Å². The summed E-state index contributed by atoms with van der Waals surface area (Å²) >= 11 is 0. The lowest BCUT2D eigenvalue weighted by atomic mass is 10.0. The van der Waals surface area contributed by atoms with Gasteiger partial charge in [0, 0.05) is 65.5 Å². The molecule has 1 amide bonds. The number of amides is 1. The second-order valence-electron chi connectivity index (χ2n) is 7.50. The molecule has 0 bridgehead atoms. The van der Waals surface area contributed by atoms with Gasteiger partial charge in [0.15, 0.2) is 5.96 Å². The van der Waals surface area contributed by atoms with Gasteiger partial charge in [0.25, 0.3) is 5.91 Å². The molecule has 2 aromatic rings. The van der Waals surface area contributed by atoms with Crippen molar-refractivity contribution >= 4 is 11.9 Å². The molecule has 1 fully saturated rings. The first-order chi connectivity index (χ1) is 13.5. The van der Waals surface area contributed by atoms with Crippen molar-refractivity contribution in [2.24, 2.45) is 12.0 Å². The van der Waals surface area contributed by atoms with E-state index in [-0.39, 0.29) is 5.91 Å². The number of nitrogens with one attached hydrogen (secondary N) is 1. The molecule has 7 nitrogen and oxygen atoms in total. The van der Waals surface area contributed by atoms with Crippen molar-refractivity contribution in [1.29, 1.82) is 0 Å². The Kier molecular flexibility index (Phi) is 6.34. The molecule has 2 heterocycles. The summed E-state index contributed by atoms with van der Waals surface area (Å²) in [4.78, 5) is 20.5. The number of guanidine groups is 1. The maximum absolute atomic E-state index is 12.1. The third-order valence-electron chi connectivity index (χ3n) is 5.17. The van der Waals surface area contributed by atoms with Gasteiger partial charge in [-0.3, -0.25) is 14.5 Å². The molecule has 1 aromatic heterocycles. The summed E-state index contributed by atoms with van der Waals surface area (Å²) in [5, 5.41) is 7.76. The normalized spacial score (nSPS) is 17.1. The summed E-state index contributed by atoms with van der Waals surface area (Å²) in [6.45, 7) is 2.73. The molecule has 1 aromatic carbocycles. The number of rotatable bonds is 5. The first-order valence-electron chi connectivity index (χ1n) is 9.72. The van der Waals surface area contributed by atoms with Crippen LogP contribution in [0.25, 0.3) is 0 Å². The maximum atomic E-state index is 12.1. The van der Waals surface area contributed by atoms with Gasteiger partial charge in [-0.2, -0.15) is 5.10 Å². The largest absolute Gasteiger partial charge is 0.356 e. The minimum absolute atomic E-state index is 0.0316. The fourth-order valence-corrected chi connectivity index (χ4v) is 3.64. The first kappa shape index (κ1) is 19.9. The Morgan fingerprint density at radius 2 is 2.21 bits per heavy atom. The summed E-state index contributed by atoms with van der Waals surface area (Å²) < 4.78 is 1.86. The average molecular weight is 383 g/mol. The van der Waals surface area contributed by atoms with E-state index < -0.39 is 0 Å². The highest BCUT2D eigenvalue weighted by molar-refractivity contribution is 5.94. The Hall–Kier alpha value is -2.83. The molecule has 0 aliphatic carbocycles. The van der Waals surface area contributed by atoms with E-state index in [0.717, 1.165) is 49.6 Å². The molecule has 1 atom stereocenters. The zero-order valence-electron chi connectivity index (χ0n) is 17.2. The van der Waals surface area contributed by atoms with E-state index >= 15 is 0 Å². The zero-order chi connectivity index (χ0) is 20.1. The number of aliphatic imine (C=N–C) groups is 1. The molecule has 28 heavy (non-hydrogen) atoms. The average Bonchev–Trinajstić information content (AvgIpc) is 3.34. The number of benzene rings is 1. The molecule has 3 rings (SSSR count). The molecule has 7 heteroatoms. The van der Waals surface area contributed by atoms with Gasteiger partial charge < -0.3 is 15.1 Å². The van der Waals surface area contributed by atoms with Gasteiger partial charge in [0.2, 0.25) is 0 Å². The van der Waals surface area contributed by atoms with Crippen molar-refractivity contribution in [2.45, 2.75) is 18.8 Å². The highest BCUT2D eigenvalue weighted by atomic mass is 16.2. The fourth-order valence-electron chi connectivity index (χ4n) is 3.64. The summed E-state index contributed by atoms with van der Waals surface area (Å²) in [5.41, 5.74) is 3.17. The van der Waals surface area contributed by atoms with Gasteiger partial charge >= 0.3 is 0 Å². The van der Waals surface area contributed by atoms with E-state index in [4.69, 9.17) is 0 Å². The minimum Gasteiger partial charge on any atom is -0.356 e. The lowest BCUT2D eigenvalue weighted by Gasteiger charge is -2.21. The van der Waals surface area contributed by atoms with Crippen LogP contribution in [0.5, 0.6) is 0 Å². The third kappa shape index (κ3) is 4.71. The summed E-state index contributed by atoms with van der Waals surface area (Å²) in [7, 11) is 7.33. The number of hydrogen-bond donors (Lipinski definition) is 1. The highest BCUT2D eigenvalue weighted by Gasteiger charge is 2.26. The Balaban J connectivity index is 1.53. The van der Waals surface area contributed by atoms with Gasteiger partial charge in [0.05, 0.1) is 6.20 Å². The lowest BCUT2D eigenvalue weighted by molar-refractivity contribution is 0.0827. The van der Waals surface area contributed by atoms with Crippen LogP contribution in [0.3, 0.4) is 0 Å². The second-order valence-corrected chi connectivity index (χ2v) is 7.50. The van der Waals surface area contributed by atoms with Crippen molar-refractivity contribution < 1.29 is 4.79 Å². The Labute approximate surface area is 167 Å². The minimum atomic E-state index is 0.0316. The molecular formula is C21H30N6O. The predicted molar refractivity (Wildman–Crippen MR) is 112 cm³/mol. The molecule has 1 saturated heterocycles. The number of aromatic nitrogens is 2. The SMILES string of the molecule is CN=C(NCCc1cccc(C(=O)N(C)C)c1)N1CCC(c2cnn(C)c2)C1. The van der Waals surface area contributed by atoms with Crippen LogP contribution >= 0.6 is 0 Å². The van der Waals surface area contributed by atoms with Crippen molar-refractivity contribution in [3.8, 4) is 0 Å². The van der Waals surface area contributed by atoms with Gasteiger partial charge in [-0.15, -0.1) is 0 Å². The molecule has 0 saturated carbocycles. The van der Waals surface area contributed by atoms with Crippen LogP contribution in [0.2, 0.25) is 0 Å². The van der Waals surface area contributed by atoms with Crippen molar-refractivity contribution in [3.05, 3.63) is 53.3 Å². The van der Waals surface area contributed by atoms with Crippen LogP contribution in [0.4, 0.5) is 0 Å². The number of likely N-dealkylation sites (tertiary alicyclic amines) is 1. The van der Waals surface area contributed by atoms with Crippen LogP contribution < -0.4 is 5.32 Å². The molecule has 0 radical (unpaired) electrons. The van der Waals surface area contributed by atoms with E-state index in [1.54, 1.807) is 19.0 Å². The van der Waals surface area contributed by atoms with Crippen LogP contribution in [0.15, 0.2) is 41.7 Å². The monoisotopic (exact) mass is 382 g/mol. The molecule has 0 spiro atoms. The van der Waals surface area contributed by atoms with E-state index in [2.05, 4.69) is 32.6 Å². The summed E-state index contributed by atoms with van der Waals surface area (Å²) in [6, 6.07) is 7.84. The third-order valence-corrected chi connectivity index (χ3v) is 5.17. The number of hydrogen-bond acceptors (Lipinski definition) is 3. The van der Waals surface area contributed by atoms with Gasteiger partial charge in [-0.1, -0.05) is 12.1 Å². The Morgan fingerprint density at radius 3 is 2.89 bits per heavy atom. The van der Waals surface area contributed by atoms with Gasteiger partial charge in [-0.25, -0.2) is 0 Å². The van der Waals surface area contributed by atoms with Crippen molar-refractivity contribution in [2.75, 3.05) is 40.8 Å². The summed E-state index contributed by atoms with van der Waals surface area (Å²) in [6.07, 6.45) is 6.02. The van der Waals surface area contributed by atoms with E-state index in [0.29, 0.717) is 5.92 Å². The van der Waals surface area contributed by atoms with E-state index in [9.17, 15) is 4.79 Å². The maximum Gasteiger partial charge on any atom is 0.253 e. The zero-order valence-corrected chi connectivity index (χ0v) is 17.2. The van der Waals surface area contributed by atoms with Crippen LogP contribution in [0.1, 0.15) is 33.8 Å². The van der Waals surface area contributed by atoms with Crippen molar-refractivity contribution in [1.82, 2.24) is 24.9 Å². The van der Waals surface area contributed by atoms with Gasteiger partial charge in [-0.05, 0) is 36.1 Å². The number of aryl methyl sites for hydroxylation is 1. The summed E-state index contributed by atoms with van der Waals surface area (Å²) in [5.74, 6) is 1.47. The predicted octanol–water partition coefficient (Wildman–Crippen LogP) is 1.73. The fraction of sp³-hybridized carbons (Fsp3) is 0.476. The Morgan fingerprint density at radius 1 is 1.39 bits per heavy atom. The smallest absolute Gasteiger partial charge is 0.253 e. The Bertz CT molecular complexity index is 841. The highest BCUT2D eigenvalue weighted by Crippen LogP contribution is 2.26. The first-order valence-corrected chi connectivity index (χ1v) is 9.72. The van der Waals surface area contributed by atoms with E-state index in [1.165, 1.54) is 5.56 Å². The van der Waals surface area contributed by atoms with Crippen LogP contribution in [-0.2, 0) is 13.5 Å². The van der Waals surface area contributed by atoms with E-state index in [1.807, 2.05) is 43.2 Å². The second kappa shape index (κ2) is 8.91. The molecular weight excluding hydrogens is 352 g/mol. The van der Waals surface area contributed by atoms with Crippen LogP contribution in [0, 0.1) is 0 Å². The molecule has 1 aliphatic rings. The van der Waals surface area contributed by atoms with Gasteiger partial charge in [0.1, 0.15) is 0 Å². The number of carbonyl (C=O) groups is 1. The standard InChI is InChI=1S/C21H30N6O/c1-22-21(27-11-9-18(15-27)19-13-24-26(4)14-19)23-10-8-16-6-5-7-17(12-16)20(28)25(2)3/h5-7,12-14,18H,8-11,15H2,1-4H3,(H,22,23). The molecule has 150 valence electrons. The number of carbonyl (C=O) groups excluding carboxylic acids is 1. The quantitative estimate of drug-likeness (QED) is 0.632. The topological polar surface area (TPSA) is 65.8 Å². The number of nitrogens with zero attached hydrogens (tertiary/aromatic N) is 5. The molecule has 1 N–H and O–H groups in total.